The Labute approximate surface area is 118 Å². The van der Waals surface area contributed by atoms with Crippen LogP contribution in [0.15, 0.2) is 17.0 Å². The molecule has 5 nitrogen and oxygen atoms in total. The minimum absolute atomic E-state index is 0.0604. The van der Waals surface area contributed by atoms with Gasteiger partial charge in [-0.05, 0) is 30.5 Å². The number of aryl methyl sites for hydroxylation is 1. The maximum atomic E-state index is 13.9. The van der Waals surface area contributed by atoms with Crippen molar-refractivity contribution in [3.63, 3.8) is 0 Å². The van der Waals surface area contributed by atoms with Crippen LogP contribution in [-0.2, 0) is 10.0 Å². The molecule has 1 aromatic carbocycles. The SMILES string of the molecule is CCC(C)CNC(=O)c1cc(S(N)(=O)=O)cc(C)c1F. The summed E-state index contributed by atoms with van der Waals surface area (Å²) in [5.41, 5.74) is -0.248. The summed E-state index contributed by atoms with van der Waals surface area (Å²) in [6, 6.07) is 2.07. The van der Waals surface area contributed by atoms with E-state index in [1.807, 2.05) is 13.8 Å². The molecular weight excluding hydrogens is 283 g/mol. The first kappa shape index (κ1) is 16.6. The zero-order valence-corrected chi connectivity index (χ0v) is 12.6. The Balaban J connectivity index is 3.11. The van der Waals surface area contributed by atoms with Gasteiger partial charge in [0.1, 0.15) is 5.82 Å². The van der Waals surface area contributed by atoms with Crippen LogP contribution in [0.2, 0.25) is 0 Å². The normalized spacial score (nSPS) is 13.1. The molecule has 3 N–H and O–H groups in total. The predicted octanol–water partition coefficient (Wildman–Crippen LogP) is 1.56. The summed E-state index contributed by atoms with van der Waals surface area (Å²) in [6.45, 7) is 5.70. The van der Waals surface area contributed by atoms with Crippen molar-refractivity contribution >= 4 is 15.9 Å². The smallest absolute Gasteiger partial charge is 0.254 e. The number of benzene rings is 1. The molecule has 0 fully saturated rings. The number of nitrogens with two attached hydrogens (primary N) is 1. The number of hydrogen-bond donors (Lipinski definition) is 2. The Hall–Kier alpha value is -1.47. The van der Waals surface area contributed by atoms with Crippen molar-refractivity contribution in [3.05, 3.63) is 29.1 Å². The second-order valence-corrected chi connectivity index (χ2v) is 6.43. The molecule has 1 aromatic rings. The van der Waals surface area contributed by atoms with E-state index in [0.29, 0.717) is 6.54 Å². The summed E-state index contributed by atoms with van der Waals surface area (Å²) in [7, 11) is -3.98. The highest BCUT2D eigenvalue weighted by Gasteiger charge is 2.19. The first-order chi connectivity index (χ1) is 9.16. The predicted molar refractivity (Wildman–Crippen MR) is 74.3 cm³/mol. The zero-order valence-electron chi connectivity index (χ0n) is 11.7. The molecule has 0 aliphatic carbocycles. The largest absolute Gasteiger partial charge is 0.352 e. The quantitative estimate of drug-likeness (QED) is 0.865. The summed E-state index contributed by atoms with van der Waals surface area (Å²) in [5.74, 6) is -1.13. The Kier molecular flexibility index (Phi) is 5.24. The van der Waals surface area contributed by atoms with Crippen LogP contribution in [0.5, 0.6) is 0 Å². The number of nitrogens with one attached hydrogen (secondary N) is 1. The van der Waals surface area contributed by atoms with Gasteiger partial charge in [0.05, 0.1) is 10.5 Å². The van der Waals surface area contributed by atoms with E-state index in [1.54, 1.807) is 0 Å². The molecule has 112 valence electrons. The number of rotatable bonds is 5. The van der Waals surface area contributed by atoms with Crippen LogP contribution in [-0.4, -0.2) is 20.9 Å². The molecule has 0 saturated carbocycles. The van der Waals surface area contributed by atoms with Crippen LogP contribution in [0.25, 0.3) is 0 Å². The van der Waals surface area contributed by atoms with Crippen LogP contribution in [0.4, 0.5) is 4.39 Å². The molecule has 0 saturated heterocycles. The number of carbonyl (C=O) groups excluding carboxylic acids is 1. The van der Waals surface area contributed by atoms with Crippen molar-refractivity contribution in [3.8, 4) is 0 Å². The lowest BCUT2D eigenvalue weighted by atomic mass is 10.1. The van der Waals surface area contributed by atoms with Gasteiger partial charge in [0.2, 0.25) is 10.0 Å². The van der Waals surface area contributed by atoms with Crippen molar-refractivity contribution in [2.45, 2.75) is 32.1 Å². The van der Waals surface area contributed by atoms with Gasteiger partial charge >= 0.3 is 0 Å². The summed E-state index contributed by atoms with van der Waals surface area (Å²) >= 11 is 0. The average molecular weight is 302 g/mol. The summed E-state index contributed by atoms with van der Waals surface area (Å²) in [5, 5.41) is 7.59. The van der Waals surface area contributed by atoms with Crippen molar-refractivity contribution in [1.82, 2.24) is 5.32 Å². The van der Waals surface area contributed by atoms with E-state index in [-0.39, 0.29) is 21.9 Å². The zero-order chi connectivity index (χ0) is 15.5. The highest BCUT2D eigenvalue weighted by molar-refractivity contribution is 7.89. The van der Waals surface area contributed by atoms with E-state index < -0.39 is 21.7 Å². The minimum atomic E-state index is -3.98. The number of carbonyl (C=O) groups is 1. The van der Waals surface area contributed by atoms with E-state index in [0.717, 1.165) is 18.6 Å². The summed E-state index contributed by atoms with van der Waals surface area (Å²) in [4.78, 5) is 11.7. The molecule has 0 aliphatic heterocycles. The Bertz CT molecular complexity index is 614. The van der Waals surface area contributed by atoms with Gasteiger partial charge in [-0.15, -0.1) is 0 Å². The lowest BCUT2D eigenvalue weighted by Crippen LogP contribution is -2.29. The van der Waals surface area contributed by atoms with E-state index in [9.17, 15) is 17.6 Å². The molecule has 1 amide bonds. The Morgan fingerprint density at radius 1 is 1.45 bits per heavy atom. The number of halogens is 1. The van der Waals surface area contributed by atoms with Crippen molar-refractivity contribution in [2.24, 2.45) is 11.1 Å². The third kappa shape index (κ3) is 4.01. The molecule has 0 heterocycles. The van der Waals surface area contributed by atoms with Crippen molar-refractivity contribution in [1.29, 1.82) is 0 Å². The number of sulfonamides is 1. The monoisotopic (exact) mass is 302 g/mol. The van der Waals surface area contributed by atoms with Crippen molar-refractivity contribution in [2.75, 3.05) is 6.54 Å². The third-order valence-corrected chi connectivity index (χ3v) is 4.00. The average Bonchev–Trinajstić information content (AvgIpc) is 2.37. The van der Waals surface area contributed by atoms with Gasteiger partial charge in [-0.2, -0.15) is 0 Å². The van der Waals surface area contributed by atoms with E-state index in [1.165, 1.54) is 6.92 Å². The van der Waals surface area contributed by atoms with Gasteiger partial charge in [0, 0.05) is 6.54 Å². The molecule has 0 radical (unpaired) electrons. The van der Waals surface area contributed by atoms with E-state index >= 15 is 0 Å². The first-order valence-corrected chi connectivity index (χ1v) is 7.82. The maximum absolute atomic E-state index is 13.9. The van der Waals surface area contributed by atoms with E-state index in [2.05, 4.69) is 5.32 Å². The number of hydrogen-bond acceptors (Lipinski definition) is 3. The standard InChI is InChI=1S/C13H19FN2O3S/c1-4-8(2)7-16-13(17)11-6-10(20(15,18)19)5-9(3)12(11)14/h5-6,8H,4,7H2,1-3H3,(H,16,17)(H2,15,18,19). The van der Waals surface area contributed by atoms with Gasteiger partial charge in [-0.3, -0.25) is 4.79 Å². The van der Waals surface area contributed by atoms with Crippen LogP contribution >= 0.6 is 0 Å². The minimum Gasteiger partial charge on any atom is -0.352 e. The van der Waals surface area contributed by atoms with E-state index in [4.69, 9.17) is 5.14 Å². The Morgan fingerprint density at radius 3 is 2.55 bits per heavy atom. The first-order valence-electron chi connectivity index (χ1n) is 6.28. The van der Waals surface area contributed by atoms with Gasteiger partial charge < -0.3 is 5.32 Å². The molecule has 0 bridgehead atoms. The molecule has 1 atom stereocenters. The van der Waals surface area contributed by atoms with Gasteiger partial charge in [0.25, 0.3) is 5.91 Å². The maximum Gasteiger partial charge on any atom is 0.254 e. The number of primary sulfonamides is 1. The highest BCUT2D eigenvalue weighted by Crippen LogP contribution is 2.18. The molecule has 0 aromatic heterocycles. The lowest BCUT2D eigenvalue weighted by Gasteiger charge is -2.12. The van der Waals surface area contributed by atoms with Gasteiger partial charge in [-0.1, -0.05) is 20.3 Å². The summed E-state index contributed by atoms with van der Waals surface area (Å²) in [6.07, 6.45) is 0.874. The fourth-order valence-corrected chi connectivity index (χ4v) is 2.20. The number of amides is 1. The molecule has 1 unspecified atom stereocenters. The summed E-state index contributed by atoms with van der Waals surface area (Å²) < 4.78 is 36.5. The fourth-order valence-electron chi connectivity index (χ4n) is 1.57. The Morgan fingerprint density at radius 2 is 2.05 bits per heavy atom. The van der Waals surface area contributed by atoms with Gasteiger partial charge in [0.15, 0.2) is 0 Å². The lowest BCUT2D eigenvalue weighted by molar-refractivity contribution is 0.0943. The van der Waals surface area contributed by atoms with Crippen LogP contribution in [0.1, 0.15) is 36.2 Å². The van der Waals surface area contributed by atoms with Gasteiger partial charge in [-0.25, -0.2) is 17.9 Å². The molecule has 7 heteroatoms. The molecule has 0 aliphatic rings. The van der Waals surface area contributed by atoms with Crippen LogP contribution < -0.4 is 10.5 Å². The molecule has 1 rings (SSSR count). The topological polar surface area (TPSA) is 89.3 Å². The molecule has 20 heavy (non-hydrogen) atoms. The second kappa shape index (κ2) is 6.32. The van der Waals surface area contributed by atoms with Crippen molar-refractivity contribution < 1.29 is 17.6 Å². The third-order valence-electron chi connectivity index (χ3n) is 3.11. The fraction of sp³-hybridized carbons (Fsp3) is 0.462. The van der Waals surface area contributed by atoms with Crippen LogP contribution in [0.3, 0.4) is 0 Å². The van der Waals surface area contributed by atoms with Crippen LogP contribution in [0, 0.1) is 18.7 Å². The highest BCUT2D eigenvalue weighted by atomic mass is 32.2. The molecule has 0 spiro atoms. The second-order valence-electron chi connectivity index (χ2n) is 4.87. The molecular formula is C13H19FN2O3S.